The number of nitrogens with two attached hydrogens (primary N) is 1. The molecule has 5 N–H and O–H groups in total. The van der Waals surface area contributed by atoms with Crippen LogP contribution in [0.1, 0.15) is 25.7 Å². The lowest BCUT2D eigenvalue weighted by Gasteiger charge is -2.34. The van der Waals surface area contributed by atoms with Crippen LogP contribution in [0.3, 0.4) is 0 Å². The number of piperidine rings is 1. The molecule has 2 unspecified atom stereocenters. The predicted molar refractivity (Wildman–Crippen MR) is 65.2 cm³/mol. The number of likely N-dealkylation sites (tertiary alicyclic amines) is 1. The molecule has 8 nitrogen and oxygen atoms in total. The Hall–Kier alpha value is -1.83. The second-order valence-electron chi connectivity index (χ2n) is 4.46. The Kier molecular flexibility index (Phi) is 5.56. The number of rotatable bonds is 5. The molecule has 0 aromatic carbocycles. The van der Waals surface area contributed by atoms with Crippen molar-refractivity contribution in [3.63, 3.8) is 0 Å². The highest BCUT2D eigenvalue weighted by Crippen LogP contribution is 2.16. The van der Waals surface area contributed by atoms with E-state index in [2.05, 4.69) is 5.32 Å². The molecule has 0 aromatic heterocycles. The van der Waals surface area contributed by atoms with E-state index in [-0.39, 0.29) is 13.0 Å². The molecule has 1 saturated heterocycles. The normalized spacial score (nSPS) is 20.7. The summed E-state index contributed by atoms with van der Waals surface area (Å²) in [7, 11) is 0. The van der Waals surface area contributed by atoms with Gasteiger partial charge < -0.3 is 26.2 Å². The van der Waals surface area contributed by atoms with Crippen molar-refractivity contribution in [3.8, 4) is 0 Å². The Morgan fingerprint density at radius 1 is 1.37 bits per heavy atom. The topological polar surface area (TPSA) is 133 Å². The van der Waals surface area contributed by atoms with Crippen molar-refractivity contribution in [1.82, 2.24) is 10.2 Å². The minimum absolute atomic E-state index is 0.0872. The van der Waals surface area contributed by atoms with Gasteiger partial charge in [0.25, 0.3) is 0 Å². The standard InChI is InChI=1S/C11H19N3O5/c12-9(16)8-3-1-2-5-14(8)11(19)13-7(4-6-15)10(17)18/h7-8,15H,1-6H2,(H2,12,16)(H,13,19)(H,17,18). The number of urea groups is 1. The van der Waals surface area contributed by atoms with Crippen LogP contribution >= 0.6 is 0 Å². The van der Waals surface area contributed by atoms with Gasteiger partial charge in [-0.1, -0.05) is 0 Å². The number of nitrogens with zero attached hydrogens (tertiary/aromatic N) is 1. The van der Waals surface area contributed by atoms with E-state index in [1.807, 2.05) is 0 Å². The number of aliphatic hydroxyl groups excluding tert-OH is 1. The Labute approximate surface area is 110 Å². The third kappa shape index (κ3) is 4.09. The maximum atomic E-state index is 12.0. The minimum atomic E-state index is -1.23. The van der Waals surface area contributed by atoms with Crippen LogP contribution < -0.4 is 11.1 Å². The van der Waals surface area contributed by atoms with Gasteiger partial charge in [0.15, 0.2) is 0 Å². The van der Waals surface area contributed by atoms with Gasteiger partial charge in [0.2, 0.25) is 5.91 Å². The average molecular weight is 273 g/mol. The SMILES string of the molecule is NC(=O)C1CCCCN1C(=O)NC(CCO)C(=O)O. The van der Waals surface area contributed by atoms with E-state index >= 15 is 0 Å². The fraction of sp³-hybridized carbons (Fsp3) is 0.727. The van der Waals surface area contributed by atoms with Gasteiger partial charge >= 0.3 is 12.0 Å². The molecule has 0 bridgehead atoms. The molecule has 0 saturated carbocycles. The minimum Gasteiger partial charge on any atom is -0.480 e. The third-order valence-electron chi connectivity index (χ3n) is 3.11. The van der Waals surface area contributed by atoms with Crippen molar-refractivity contribution in [2.45, 2.75) is 37.8 Å². The van der Waals surface area contributed by atoms with Crippen LogP contribution in [0.15, 0.2) is 0 Å². The number of primary amides is 1. The van der Waals surface area contributed by atoms with Crippen LogP contribution in [-0.2, 0) is 9.59 Å². The summed E-state index contributed by atoms with van der Waals surface area (Å²) < 4.78 is 0. The molecule has 108 valence electrons. The monoisotopic (exact) mass is 273 g/mol. The first-order valence-corrected chi connectivity index (χ1v) is 6.17. The van der Waals surface area contributed by atoms with Crippen LogP contribution in [0.5, 0.6) is 0 Å². The number of carboxylic acids is 1. The third-order valence-corrected chi connectivity index (χ3v) is 3.11. The summed E-state index contributed by atoms with van der Waals surface area (Å²) in [6, 6.07) is -2.50. The van der Waals surface area contributed by atoms with Crippen LogP contribution in [0, 0.1) is 0 Å². The zero-order valence-electron chi connectivity index (χ0n) is 10.5. The molecular formula is C11H19N3O5. The fourth-order valence-electron chi connectivity index (χ4n) is 2.09. The number of carbonyl (C=O) groups excluding carboxylic acids is 2. The zero-order chi connectivity index (χ0) is 14.4. The van der Waals surface area contributed by atoms with Crippen molar-refractivity contribution >= 4 is 17.9 Å². The van der Waals surface area contributed by atoms with E-state index in [0.717, 1.165) is 12.8 Å². The molecule has 1 aliphatic rings. The highest BCUT2D eigenvalue weighted by Gasteiger charge is 2.32. The summed E-state index contributed by atoms with van der Waals surface area (Å²) in [4.78, 5) is 35.4. The van der Waals surface area contributed by atoms with Gasteiger partial charge in [-0.15, -0.1) is 0 Å². The molecule has 8 heteroatoms. The summed E-state index contributed by atoms with van der Waals surface area (Å²) in [6.45, 7) is 0.0153. The van der Waals surface area contributed by atoms with Crippen molar-refractivity contribution in [3.05, 3.63) is 0 Å². The van der Waals surface area contributed by atoms with Gasteiger partial charge in [-0.05, 0) is 19.3 Å². The van der Waals surface area contributed by atoms with Crippen LogP contribution in [0.4, 0.5) is 4.79 Å². The van der Waals surface area contributed by atoms with E-state index in [1.54, 1.807) is 0 Å². The zero-order valence-corrected chi connectivity index (χ0v) is 10.5. The summed E-state index contributed by atoms with van der Waals surface area (Å²) in [6.07, 6.45) is 1.95. The van der Waals surface area contributed by atoms with Gasteiger partial charge in [0, 0.05) is 19.6 Å². The number of hydrogen-bond donors (Lipinski definition) is 4. The van der Waals surface area contributed by atoms with Crippen LogP contribution in [-0.4, -0.2) is 58.3 Å². The molecule has 19 heavy (non-hydrogen) atoms. The number of aliphatic hydroxyl groups is 1. The van der Waals surface area contributed by atoms with Crippen molar-refractivity contribution in [2.75, 3.05) is 13.2 Å². The summed E-state index contributed by atoms with van der Waals surface area (Å²) in [5.41, 5.74) is 5.23. The van der Waals surface area contributed by atoms with E-state index in [9.17, 15) is 14.4 Å². The summed E-state index contributed by atoms with van der Waals surface area (Å²) >= 11 is 0. The van der Waals surface area contributed by atoms with Gasteiger partial charge in [0.05, 0.1) is 0 Å². The number of amides is 3. The highest BCUT2D eigenvalue weighted by atomic mass is 16.4. The number of carboxylic acid groups (broad SMARTS) is 1. The lowest BCUT2D eigenvalue weighted by Crippen LogP contribution is -2.56. The van der Waals surface area contributed by atoms with Gasteiger partial charge in [-0.3, -0.25) is 4.79 Å². The lowest BCUT2D eigenvalue weighted by atomic mass is 10.0. The number of carbonyl (C=O) groups is 3. The maximum absolute atomic E-state index is 12.0. The number of aliphatic carboxylic acids is 1. The lowest BCUT2D eigenvalue weighted by molar-refractivity contribution is -0.139. The van der Waals surface area contributed by atoms with Crippen molar-refractivity contribution < 1.29 is 24.6 Å². The molecule has 0 radical (unpaired) electrons. The average Bonchev–Trinajstić information content (AvgIpc) is 2.37. The number of hydrogen-bond acceptors (Lipinski definition) is 4. The van der Waals surface area contributed by atoms with Gasteiger partial charge in [-0.2, -0.15) is 0 Å². The Balaban J connectivity index is 2.68. The molecule has 1 fully saturated rings. The van der Waals surface area contributed by atoms with E-state index in [1.165, 1.54) is 4.90 Å². The van der Waals surface area contributed by atoms with E-state index in [4.69, 9.17) is 15.9 Å². The Morgan fingerprint density at radius 2 is 2.05 bits per heavy atom. The Morgan fingerprint density at radius 3 is 2.58 bits per heavy atom. The smallest absolute Gasteiger partial charge is 0.326 e. The molecule has 0 aromatic rings. The quantitative estimate of drug-likeness (QED) is 0.503. The second-order valence-corrected chi connectivity index (χ2v) is 4.46. The molecule has 1 aliphatic heterocycles. The highest BCUT2D eigenvalue weighted by molar-refractivity contribution is 5.88. The van der Waals surface area contributed by atoms with Crippen molar-refractivity contribution in [1.29, 1.82) is 0 Å². The molecule has 0 spiro atoms. The summed E-state index contributed by atoms with van der Waals surface area (Å²) in [5.74, 6) is -1.82. The fourth-order valence-corrected chi connectivity index (χ4v) is 2.09. The van der Waals surface area contributed by atoms with E-state index in [0.29, 0.717) is 13.0 Å². The summed E-state index contributed by atoms with van der Waals surface area (Å²) in [5, 5.41) is 19.9. The van der Waals surface area contributed by atoms with Crippen LogP contribution in [0.25, 0.3) is 0 Å². The van der Waals surface area contributed by atoms with Gasteiger partial charge in [-0.25, -0.2) is 9.59 Å². The van der Waals surface area contributed by atoms with E-state index < -0.39 is 30.0 Å². The molecule has 1 rings (SSSR count). The molecule has 2 atom stereocenters. The van der Waals surface area contributed by atoms with Crippen LogP contribution in [0.2, 0.25) is 0 Å². The predicted octanol–water partition coefficient (Wildman–Crippen LogP) is -1.13. The molecule has 1 heterocycles. The number of nitrogens with one attached hydrogen (secondary N) is 1. The largest absolute Gasteiger partial charge is 0.480 e. The maximum Gasteiger partial charge on any atom is 0.326 e. The first kappa shape index (κ1) is 15.2. The molecule has 0 aliphatic carbocycles. The first-order chi connectivity index (χ1) is 8.97. The van der Waals surface area contributed by atoms with Crippen molar-refractivity contribution in [2.24, 2.45) is 5.73 Å². The molecule has 3 amide bonds. The molecular weight excluding hydrogens is 254 g/mol. The Bertz CT molecular complexity index is 360. The first-order valence-electron chi connectivity index (χ1n) is 6.17. The second kappa shape index (κ2) is 6.93. The van der Waals surface area contributed by atoms with Gasteiger partial charge in [0.1, 0.15) is 12.1 Å².